The fraction of sp³-hybridized carbons (Fsp3) is 0.333. The first-order valence-corrected chi connectivity index (χ1v) is 4.61. The second-order valence-electron chi connectivity index (χ2n) is 3.25. The van der Waals surface area contributed by atoms with E-state index in [1.807, 2.05) is 0 Å². The largest absolute Gasteiger partial charge is 0.574 e. The fourth-order valence-corrected chi connectivity index (χ4v) is 1.12. The number of carbonyl (C=O) groups excluding carboxylic acids is 1. The topological polar surface area (TPSA) is 68.7 Å². The lowest BCUT2D eigenvalue weighted by Gasteiger charge is -2.15. The summed E-state index contributed by atoms with van der Waals surface area (Å²) in [5.74, 6) is -4.63. The van der Waals surface area contributed by atoms with Crippen molar-refractivity contribution < 1.29 is 45.7 Å². The zero-order valence-corrected chi connectivity index (χ0v) is 9.46. The molecule has 0 spiro atoms. The average molecular weight is 305 g/mol. The van der Waals surface area contributed by atoms with Crippen LogP contribution in [0, 0.1) is 0 Å². The molecule has 0 radical (unpaired) electrons. The molecule has 0 bridgehead atoms. The summed E-state index contributed by atoms with van der Waals surface area (Å²) < 4.78 is 80.7. The van der Waals surface area contributed by atoms with E-state index in [1.54, 1.807) is 0 Å². The van der Waals surface area contributed by atoms with Gasteiger partial charge in [0.2, 0.25) is 5.88 Å². The van der Waals surface area contributed by atoms with E-state index in [0.717, 1.165) is 7.11 Å². The molecule has 0 amide bonds. The van der Waals surface area contributed by atoms with E-state index in [9.17, 15) is 36.2 Å². The summed E-state index contributed by atoms with van der Waals surface area (Å²) in [6.45, 7) is 0. The Kier molecular flexibility index (Phi) is 4.01. The summed E-state index contributed by atoms with van der Waals surface area (Å²) in [6, 6.07) is -0.111. The normalized spacial score (nSPS) is 12.2. The van der Waals surface area contributed by atoms with Gasteiger partial charge in [-0.3, -0.25) is 0 Å². The van der Waals surface area contributed by atoms with E-state index in [-0.39, 0.29) is 6.07 Å². The predicted molar refractivity (Wildman–Crippen MR) is 48.9 cm³/mol. The van der Waals surface area contributed by atoms with Crippen LogP contribution in [0.1, 0.15) is 16.1 Å². The minimum Gasteiger partial charge on any atom is -0.505 e. The number of aromatic hydroxyl groups is 1. The van der Waals surface area contributed by atoms with Gasteiger partial charge in [-0.1, -0.05) is 0 Å². The van der Waals surface area contributed by atoms with E-state index < -0.39 is 41.4 Å². The maximum absolute atomic E-state index is 12.5. The molecule has 0 saturated heterocycles. The quantitative estimate of drug-likeness (QED) is 0.671. The Morgan fingerprint density at radius 2 is 1.80 bits per heavy atom. The molecule has 0 fully saturated rings. The summed E-state index contributed by atoms with van der Waals surface area (Å²) in [7, 11) is 0.797. The molecular formula is C9H5F6NO4. The number of hydrogen-bond acceptors (Lipinski definition) is 5. The number of pyridine rings is 1. The van der Waals surface area contributed by atoms with Crippen LogP contribution in [-0.2, 0) is 10.9 Å². The SMILES string of the molecule is COC(=O)c1nc(OC(F)(F)F)c(C(F)(F)F)cc1O. The van der Waals surface area contributed by atoms with E-state index in [0.29, 0.717) is 0 Å². The van der Waals surface area contributed by atoms with E-state index >= 15 is 0 Å². The van der Waals surface area contributed by atoms with E-state index in [4.69, 9.17) is 0 Å². The van der Waals surface area contributed by atoms with Gasteiger partial charge in [0.1, 0.15) is 11.3 Å². The molecule has 1 aromatic heterocycles. The van der Waals surface area contributed by atoms with Crippen molar-refractivity contribution in [2.75, 3.05) is 7.11 Å². The first-order valence-electron chi connectivity index (χ1n) is 4.61. The Balaban J connectivity index is 3.46. The van der Waals surface area contributed by atoms with Gasteiger partial charge in [0.15, 0.2) is 5.69 Å². The van der Waals surface area contributed by atoms with Crippen LogP contribution in [0.15, 0.2) is 6.07 Å². The van der Waals surface area contributed by atoms with Crippen molar-refractivity contribution in [2.24, 2.45) is 0 Å². The highest BCUT2D eigenvalue weighted by molar-refractivity contribution is 5.90. The van der Waals surface area contributed by atoms with Crippen LogP contribution < -0.4 is 4.74 Å². The molecule has 11 heteroatoms. The van der Waals surface area contributed by atoms with Crippen molar-refractivity contribution in [3.8, 4) is 11.6 Å². The summed E-state index contributed by atoms with van der Waals surface area (Å²) in [5, 5.41) is 9.18. The van der Waals surface area contributed by atoms with Gasteiger partial charge in [0.05, 0.1) is 7.11 Å². The molecule has 1 aromatic rings. The molecule has 112 valence electrons. The lowest BCUT2D eigenvalue weighted by Crippen LogP contribution is -2.22. The molecular weight excluding hydrogens is 300 g/mol. The van der Waals surface area contributed by atoms with Gasteiger partial charge in [-0.05, 0) is 0 Å². The van der Waals surface area contributed by atoms with Gasteiger partial charge in [0.25, 0.3) is 0 Å². The molecule has 0 aromatic carbocycles. The van der Waals surface area contributed by atoms with Crippen LogP contribution in [0.2, 0.25) is 0 Å². The highest BCUT2D eigenvalue weighted by atomic mass is 19.4. The molecule has 1 rings (SSSR count). The monoisotopic (exact) mass is 305 g/mol. The lowest BCUT2D eigenvalue weighted by molar-refractivity contribution is -0.278. The first kappa shape index (κ1) is 15.9. The third-order valence-corrected chi connectivity index (χ3v) is 1.86. The molecule has 0 aliphatic heterocycles. The number of methoxy groups -OCH3 is 1. The summed E-state index contributed by atoms with van der Waals surface area (Å²) >= 11 is 0. The van der Waals surface area contributed by atoms with Crippen molar-refractivity contribution in [1.82, 2.24) is 4.98 Å². The molecule has 0 atom stereocenters. The third-order valence-electron chi connectivity index (χ3n) is 1.86. The van der Waals surface area contributed by atoms with Crippen LogP contribution in [0.4, 0.5) is 26.3 Å². The number of carbonyl (C=O) groups is 1. The van der Waals surface area contributed by atoms with Crippen molar-refractivity contribution >= 4 is 5.97 Å². The zero-order valence-electron chi connectivity index (χ0n) is 9.46. The van der Waals surface area contributed by atoms with Crippen molar-refractivity contribution in [3.05, 3.63) is 17.3 Å². The molecule has 0 unspecified atom stereocenters. The number of aromatic nitrogens is 1. The summed E-state index contributed by atoms with van der Waals surface area (Å²) in [6.07, 6.45) is -10.7. The Morgan fingerprint density at radius 1 is 1.25 bits per heavy atom. The molecule has 1 N–H and O–H groups in total. The molecule has 5 nitrogen and oxygen atoms in total. The minimum atomic E-state index is -5.46. The highest BCUT2D eigenvalue weighted by Gasteiger charge is 2.42. The number of rotatable bonds is 2. The number of hydrogen-bond donors (Lipinski definition) is 1. The molecule has 20 heavy (non-hydrogen) atoms. The maximum Gasteiger partial charge on any atom is 0.574 e. The van der Waals surface area contributed by atoms with Gasteiger partial charge in [-0.25, -0.2) is 9.78 Å². The molecule has 1 heterocycles. The van der Waals surface area contributed by atoms with Gasteiger partial charge in [-0.15, -0.1) is 13.2 Å². The van der Waals surface area contributed by atoms with Gasteiger partial charge < -0.3 is 14.6 Å². The number of halogens is 6. The van der Waals surface area contributed by atoms with Gasteiger partial charge in [-0.2, -0.15) is 13.2 Å². The van der Waals surface area contributed by atoms with E-state index in [2.05, 4.69) is 14.5 Å². The van der Waals surface area contributed by atoms with Crippen molar-refractivity contribution in [2.45, 2.75) is 12.5 Å². The predicted octanol–water partition coefficient (Wildman–Crippen LogP) is 2.49. The van der Waals surface area contributed by atoms with Crippen LogP contribution >= 0.6 is 0 Å². The van der Waals surface area contributed by atoms with Gasteiger partial charge in [0, 0.05) is 6.07 Å². The smallest absolute Gasteiger partial charge is 0.505 e. The average Bonchev–Trinajstić information content (AvgIpc) is 2.26. The van der Waals surface area contributed by atoms with Crippen LogP contribution in [-0.4, -0.2) is 29.5 Å². The second kappa shape index (κ2) is 5.06. The Morgan fingerprint density at radius 3 is 2.20 bits per heavy atom. The van der Waals surface area contributed by atoms with Gasteiger partial charge >= 0.3 is 18.5 Å². The van der Waals surface area contributed by atoms with Crippen LogP contribution in [0.25, 0.3) is 0 Å². The van der Waals surface area contributed by atoms with Crippen molar-refractivity contribution in [1.29, 1.82) is 0 Å². The number of ether oxygens (including phenoxy) is 2. The molecule has 0 aliphatic carbocycles. The van der Waals surface area contributed by atoms with E-state index in [1.165, 1.54) is 0 Å². The third kappa shape index (κ3) is 3.65. The highest BCUT2D eigenvalue weighted by Crippen LogP contribution is 2.39. The van der Waals surface area contributed by atoms with Crippen LogP contribution in [0.3, 0.4) is 0 Å². The fourth-order valence-electron chi connectivity index (χ4n) is 1.12. The second-order valence-corrected chi connectivity index (χ2v) is 3.25. The number of alkyl halides is 6. The zero-order chi connectivity index (χ0) is 15.7. The van der Waals surface area contributed by atoms with Crippen molar-refractivity contribution in [3.63, 3.8) is 0 Å². The standard InChI is InChI=1S/C9H5F6NO4/c1-19-7(18)5-4(17)2-3(8(10,11)12)6(16-5)20-9(13,14)15/h2,17H,1H3. The Hall–Kier alpha value is -2.20. The van der Waals surface area contributed by atoms with Crippen LogP contribution in [0.5, 0.6) is 11.6 Å². The molecule has 0 aliphatic rings. The summed E-state index contributed by atoms with van der Waals surface area (Å²) in [4.78, 5) is 13.8. The molecule has 0 saturated carbocycles. The number of esters is 1. The number of nitrogens with zero attached hydrogens (tertiary/aromatic N) is 1. The first-order chi connectivity index (χ1) is 8.95. The Labute approximate surface area is 106 Å². The maximum atomic E-state index is 12.5. The lowest BCUT2D eigenvalue weighted by atomic mass is 10.2. The Bertz CT molecular complexity index is 524. The minimum absolute atomic E-state index is 0.111. The summed E-state index contributed by atoms with van der Waals surface area (Å²) in [5.41, 5.74) is -3.13.